The van der Waals surface area contributed by atoms with Gasteiger partial charge in [0.1, 0.15) is 0 Å². The van der Waals surface area contributed by atoms with Crippen LogP contribution in [0.15, 0.2) is 0 Å². The van der Waals surface area contributed by atoms with Gasteiger partial charge in [0.15, 0.2) is 0 Å². The molecule has 0 radical (unpaired) electrons. The average molecular weight is 169 g/mol. The van der Waals surface area contributed by atoms with Crippen molar-refractivity contribution >= 4 is 11.8 Å². The lowest BCUT2D eigenvalue weighted by atomic mass is 10.00. The average Bonchev–Trinajstić information content (AvgIpc) is 2.31. The van der Waals surface area contributed by atoms with Gasteiger partial charge < -0.3 is 0 Å². The van der Waals surface area contributed by atoms with E-state index in [0.717, 1.165) is 6.42 Å². The maximum absolute atomic E-state index is 11.3. The minimum atomic E-state index is -0.301. The highest BCUT2D eigenvalue weighted by molar-refractivity contribution is 6.02. The van der Waals surface area contributed by atoms with Gasteiger partial charge in [-0.1, -0.05) is 6.92 Å². The van der Waals surface area contributed by atoms with Crippen LogP contribution < -0.4 is 0 Å². The Morgan fingerprint density at radius 1 is 1.25 bits per heavy atom. The van der Waals surface area contributed by atoms with Crippen molar-refractivity contribution < 1.29 is 9.59 Å². The fourth-order valence-corrected chi connectivity index (χ4v) is 1.41. The molecule has 3 nitrogen and oxygen atoms in total. The third-order valence-corrected chi connectivity index (χ3v) is 2.52. The number of rotatable bonds is 2. The molecule has 0 aromatic rings. The van der Waals surface area contributed by atoms with Crippen LogP contribution in [0.25, 0.3) is 0 Å². The summed E-state index contributed by atoms with van der Waals surface area (Å²) in [7, 11) is 0. The Bertz CT molecular complexity index is 205. The molecule has 68 valence electrons. The number of hydrogen-bond acceptors (Lipinski definition) is 2. The summed E-state index contributed by atoms with van der Waals surface area (Å²) < 4.78 is 0. The van der Waals surface area contributed by atoms with Gasteiger partial charge in [0.05, 0.1) is 0 Å². The smallest absolute Gasteiger partial charge is 0.230 e. The van der Waals surface area contributed by atoms with Gasteiger partial charge >= 0.3 is 0 Å². The maximum atomic E-state index is 11.3. The monoisotopic (exact) mass is 169 g/mol. The molecule has 1 rings (SSSR count). The van der Waals surface area contributed by atoms with Gasteiger partial charge in [-0.3, -0.25) is 14.5 Å². The van der Waals surface area contributed by atoms with E-state index < -0.39 is 0 Å². The van der Waals surface area contributed by atoms with Crippen LogP contribution in [0, 0.1) is 0 Å². The predicted molar refractivity (Wildman–Crippen MR) is 45.5 cm³/mol. The molecule has 3 heteroatoms. The van der Waals surface area contributed by atoms with Crippen LogP contribution in [-0.2, 0) is 9.59 Å². The summed E-state index contributed by atoms with van der Waals surface area (Å²) in [6.45, 7) is 5.83. The Balaban J connectivity index is 2.86. The third kappa shape index (κ3) is 1.36. The van der Waals surface area contributed by atoms with E-state index in [1.54, 1.807) is 0 Å². The molecule has 1 fully saturated rings. The van der Waals surface area contributed by atoms with Crippen LogP contribution in [0.5, 0.6) is 0 Å². The molecule has 0 saturated carbocycles. The lowest BCUT2D eigenvalue weighted by molar-refractivity contribution is -0.144. The first-order valence-corrected chi connectivity index (χ1v) is 4.35. The van der Waals surface area contributed by atoms with Gasteiger partial charge in [-0.25, -0.2) is 0 Å². The van der Waals surface area contributed by atoms with Gasteiger partial charge in [0.2, 0.25) is 11.8 Å². The first-order valence-electron chi connectivity index (χ1n) is 4.35. The van der Waals surface area contributed by atoms with Crippen molar-refractivity contribution in [2.75, 3.05) is 0 Å². The number of carbonyl (C=O) groups excluding carboxylic acids is 2. The van der Waals surface area contributed by atoms with Crippen molar-refractivity contribution in [1.82, 2.24) is 4.90 Å². The fraction of sp³-hybridized carbons (Fsp3) is 0.778. The lowest BCUT2D eigenvalue weighted by Crippen LogP contribution is -2.46. The van der Waals surface area contributed by atoms with E-state index in [-0.39, 0.29) is 17.4 Å². The van der Waals surface area contributed by atoms with E-state index in [1.165, 1.54) is 4.90 Å². The maximum Gasteiger partial charge on any atom is 0.230 e. The molecule has 1 saturated heterocycles. The van der Waals surface area contributed by atoms with E-state index in [1.807, 2.05) is 20.8 Å². The summed E-state index contributed by atoms with van der Waals surface area (Å²) in [5.74, 6) is -0.0429. The van der Waals surface area contributed by atoms with E-state index in [0.29, 0.717) is 12.8 Å². The van der Waals surface area contributed by atoms with Crippen molar-refractivity contribution in [3.05, 3.63) is 0 Å². The van der Waals surface area contributed by atoms with E-state index in [9.17, 15) is 9.59 Å². The largest absolute Gasteiger partial charge is 0.277 e. The molecule has 1 aliphatic heterocycles. The first-order chi connectivity index (χ1) is 5.49. The topological polar surface area (TPSA) is 37.4 Å². The van der Waals surface area contributed by atoms with E-state index in [4.69, 9.17) is 0 Å². The highest BCUT2D eigenvalue weighted by Gasteiger charge is 2.38. The zero-order valence-electron chi connectivity index (χ0n) is 7.89. The summed E-state index contributed by atoms with van der Waals surface area (Å²) in [6.07, 6.45) is 1.59. The third-order valence-electron chi connectivity index (χ3n) is 2.52. The second-order valence-electron chi connectivity index (χ2n) is 3.79. The summed E-state index contributed by atoms with van der Waals surface area (Å²) >= 11 is 0. The Morgan fingerprint density at radius 2 is 1.67 bits per heavy atom. The molecule has 0 aromatic heterocycles. The molecule has 0 atom stereocenters. The molecular formula is C9H15NO2. The van der Waals surface area contributed by atoms with Crippen molar-refractivity contribution in [3.8, 4) is 0 Å². The highest BCUT2D eigenvalue weighted by Crippen LogP contribution is 2.25. The van der Waals surface area contributed by atoms with Crippen molar-refractivity contribution in [3.63, 3.8) is 0 Å². The molecule has 2 amide bonds. The molecule has 0 unspecified atom stereocenters. The molecule has 0 N–H and O–H groups in total. The van der Waals surface area contributed by atoms with Crippen LogP contribution in [0.2, 0.25) is 0 Å². The SMILES string of the molecule is CCC(C)(C)N1C(=O)CCC1=O. The minimum absolute atomic E-state index is 0.0214. The number of likely N-dealkylation sites (tertiary alicyclic amines) is 1. The van der Waals surface area contributed by atoms with Crippen molar-refractivity contribution in [2.24, 2.45) is 0 Å². The van der Waals surface area contributed by atoms with Crippen LogP contribution in [0.1, 0.15) is 40.0 Å². The molecule has 1 aliphatic rings. The van der Waals surface area contributed by atoms with Crippen molar-refractivity contribution in [2.45, 2.75) is 45.6 Å². The van der Waals surface area contributed by atoms with Gasteiger partial charge in [-0.2, -0.15) is 0 Å². The Hall–Kier alpha value is -0.860. The Kier molecular flexibility index (Phi) is 2.22. The number of imide groups is 1. The fourth-order valence-electron chi connectivity index (χ4n) is 1.41. The molecule has 0 bridgehead atoms. The van der Waals surface area contributed by atoms with Gasteiger partial charge in [0, 0.05) is 18.4 Å². The lowest BCUT2D eigenvalue weighted by Gasteiger charge is -2.32. The van der Waals surface area contributed by atoms with E-state index >= 15 is 0 Å². The highest BCUT2D eigenvalue weighted by atomic mass is 16.2. The molecular weight excluding hydrogens is 154 g/mol. The second-order valence-corrected chi connectivity index (χ2v) is 3.79. The summed E-state index contributed by atoms with van der Waals surface area (Å²) in [4.78, 5) is 24.0. The first kappa shape index (κ1) is 9.23. The zero-order valence-corrected chi connectivity index (χ0v) is 7.89. The van der Waals surface area contributed by atoms with Crippen LogP contribution in [0.3, 0.4) is 0 Å². The second kappa shape index (κ2) is 2.88. The minimum Gasteiger partial charge on any atom is -0.277 e. The number of amides is 2. The van der Waals surface area contributed by atoms with Gasteiger partial charge in [0.25, 0.3) is 0 Å². The summed E-state index contributed by atoms with van der Waals surface area (Å²) in [6, 6.07) is 0. The zero-order chi connectivity index (χ0) is 9.35. The number of nitrogens with zero attached hydrogens (tertiary/aromatic N) is 1. The van der Waals surface area contributed by atoms with Crippen molar-refractivity contribution in [1.29, 1.82) is 0 Å². The Morgan fingerprint density at radius 3 is 2.00 bits per heavy atom. The normalized spacial score (nSPS) is 19.1. The Labute approximate surface area is 72.7 Å². The van der Waals surface area contributed by atoms with E-state index in [2.05, 4.69) is 0 Å². The summed E-state index contributed by atoms with van der Waals surface area (Å²) in [5, 5.41) is 0. The summed E-state index contributed by atoms with van der Waals surface area (Å²) in [5.41, 5.74) is -0.301. The van der Waals surface area contributed by atoms with Gasteiger partial charge in [-0.05, 0) is 20.3 Å². The standard InChI is InChI=1S/C9H15NO2/c1-4-9(2,3)10-7(11)5-6-8(10)12/h4-6H2,1-3H3. The molecule has 0 aliphatic carbocycles. The van der Waals surface area contributed by atoms with Crippen LogP contribution in [0.4, 0.5) is 0 Å². The van der Waals surface area contributed by atoms with Crippen LogP contribution in [-0.4, -0.2) is 22.3 Å². The quantitative estimate of drug-likeness (QED) is 0.585. The number of hydrogen-bond donors (Lipinski definition) is 0. The molecule has 1 heterocycles. The molecule has 0 spiro atoms. The number of carbonyl (C=O) groups is 2. The predicted octanol–water partition coefficient (Wildman–Crippen LogP) is 1.32. The van der Waals surface area contributed by atoms with Gasteiger partial charge in [-0.15, -0.1) is 0 Å². The van der Waals surface area contributed by atoms with Crippen LogP contribution >= 0.6 is 0 Å². The molecule has 0 aromatic carbocycles. The molecule has 12 heavy (non-hydrogen) atoms.